The molecule has 1 aliphatic rings. The lowest BCUT2D eigenvalue weighted by Crippen LogP contribution is -2.37. The Hall–Kier alpha value is -3.82. The maximum Gasteiger partial charge on any atom is 0.241 e. The van der Waals surface area contributed by atoms with Crippen molar-refractivity contribution < 1.29 is 17.6 Å². The summed E-state index contributed by atoms with van der Waals surface area (Å²) in [5, 5.41) is 0. The molecule has 3 aromatic carbocycles. The molecule has 0 aliphatic heterocycles. The SMILES string of the molecule is Cc1cccc(S(=O)(=O)N[C@H]2CCC(C)(C)c3ccc(N(Cc4nccn4C)C(=O)C[C@H](C)c4cccc(F)c4)cc32)c1. The molecule has 1 aromatic heterocycles. The fourth-order valence-corrected chi connectivity index (χ4v) is 7.25. The molecule has 2 atom stereocenters. The standard InChI is InChI=1S/C34H39FN4O3S/c1-23-8-6-11-28(18-23)43(41,42)37-31-14-15-34(3,4)30-13-12-27(21-29(30)31)39(22-32-36-16-17-38(32)5)33(40)19-24(2)25-9-7-10-26(35)20-25/h6-13,16-18,20-21,24,31,37H,14-15,19,22H2,1-5H3/t24-,31-/m0/s1. The lowest BCUT2D eigenvalue weighted by molar-refractivity contribution is -0.119. The van der Waals surface area contributed by atoms with Gasteiger partial charge in [0.2, 0.25) is 15.9 Å². The minimum Gasteiger partial charge on any atom is -0.337 e. The number of benzene rings is 3. The molecule has 7 nitrogen and oxygen atoms in total. The Bertz CT molecular complexity index is 1750. The van der Waals surface area contributed by atoms with E-state index in [9.17, 15) is 17.6 Å². The van der Waals surface area contributed by atoms with Gasteiger partial charge in [-0.15, -0.1) is 0 Å². The number of imidazole rings is 1. The predicted molar refractivity (Wildman–Crippen MR) is 167 cm³/mol. The van der Waals surface area contributed by atoms with Crippen LogP contribution in [-0.4, -0.2) is 23.9 Å². The molecule has 226 valence electrons. The van der Waals surface area contributed by atoms with Crippen molar-refractivity contribution in [1.82, 2.24) is 14.3 Å². The summed E-state index contributed by atoms with van der Waals surface area (Å²) in [6.45, 7) is 8.34. The van der Waals surface area contributed by atoms with Crippen molar-refractivity contribution in [2.45, 2.75) is 75.8 Å². The molecule has 0 unspecified atom stereocenters. The number of rotatable bonds is 9. The van der Waals surface area contributed by atoms with Gasteiger partial charge in [-0.2, -0.15) is 0 Å². The number of carbonyl (C=O) groups is 1. The van der Waals surface area contributed by atoms with Gasteiger partial charge in [-0.3, -0.25) is 4.79 Å². The van der Waals surface area contributed by atoms with Gasteiger partial charge in [0.15, 0.2) is 0 Å². The number of fused-ring (bicyclic) bond motifs is 1. The maximum atomic E-state index is 14.0. The Labute approximate surface area is 253 Å². The van der Waals surface area contributed by atoms with Crippen LogP contribution in [0, 0.1) is 12.7 Å². The number of amides is 1. The molecule has 0 bridgehead atoms. The first-order valence-electron chi connectivity index (χ1n) is 14.6. The highest BCUT2D eigenvalue weighted by molar-refractivity contribution is 7.89. The average molecular weight is 603 g/mol. The molecular weight excluding hydrogens is 563 g/mol. The number of aryl methyl sites for hydroxylation is 2. The van der Waals surface area contributed by atoms with Crippen LogP contribution in [-0.2, 0) is 33.8 Å². The van der Waals surface area contributed by atoms with Gasteiger partial charge >= 0.3 is 0 Å². The van der Waals surface area contributed by atoms with E-state index in [0.717, 1.165) is 28.7 Å². The van der Waals surface area contributed by atoms with Crippen LogP contribution in [0.15, 0.2) is 84.0 Å². The van der Waals surface area contributed by atoms with Crippen molar-refractivity contribution in [1.29, 1.82) is 0 Å². The van der Waals surface area contributed by atoms with Crippen molar-refractivity contribution in [3.8, 4) is 0 Å². The molecule has 4 aromatic rings. The van der Waals surface area contributed by atoms with Crippen LogP contribution in [0.25, 0.3) is 0 Å². The molecule has 0 saturated heterocycles. The summed E-state index contributed by atoms with van der Waals surface area (Å²) in [6.07, 6.45) is 5.12. The van der Waals surface area contributed by atoms with Crippen molar-refractivity contribution in [2.24, 2.45) is 7.05 Å². The van der Waals surface area contributed by atoms with Crippen LogP contribution < -0.4 is 9.62 Å². The number of hydrogen-bond acceptors (Lipinski definition) is 4. The second-order valence-electron chi connectivity index (χ2n) is 12.3. The van der Waals surface area contributed by atoms with Crippen molar-refractivity contribution in [2.75, 3.05) is 4.90 Å². The number of nitrogens with one attached hydrogen (secondary N) is 1. The van der Waals surface area contributed by atoms with Crippen LogP contribution in [0.4, 0.5) is 10.1 Å². The zero-order valence-electron chi connectivity index (χ0n) is 25.3. The molecule has 5 rings (SSSR count). The first-order valence-corrected chi connectivity index (χ1v) is 16.1. The van der Waals surface area contributed by atoms with E-state index in [1.165, 1.54) is 12.1 Å². The molecule has 0 radical (unpaired) electrons. The van der Waals surface area contributed by atoms with E-state index in [1.54, 1.807) is 35.4 Å². The molecule has 1 N–H and O–H groups in total. The molecule has 0 fully saturated rings. The third kappa shape index (κ3) is 6.73. The molecule has 43 heavy (non-hydrogen) atoms. The topological polar surface area (TPSA) is 84.3 Å². The van der Waals surface area contributed by atoms with E-state index in [-0.39, 0.29) is 40.9 Å². The second kappa shape index (κ2) is 12.1. The zero-order valence-corrected chi connectivity index (χ0v) is 26.2. The third-order valence-electron chi connectivity index (χ3n) is 8.53. The average Bonchev–Trinajstić information content (AvgIpc) is 3.37. The molecular formula is C34H39FN4O3S. The fraction of sp³-hybridized carbons (Fsp3) is 0.353. The number of anilines is 1. The molecule has 1 aliphatic carbocycles. The maximum absolute atomic E-state index is 14.0. The zero-order chi connectivity index (χ0) is 30.9. The van der Waals surface area contributed by atoms with Crippen LogP contribution in [0.1, 0.15) is 80.1 Å². The number of carbonyl (C=O) groups excluding carboxylic acids is 1. The summed E-state index contributed by atoms with van der Waals surface area (Å²) < 4.78 is 45.7. The van der Waals surface area contributed by atoms with E-state index >= 15 is 0 Å². The fourth-order valence-electron chi connectivity index (χ4n) is 5.90. The normalized spacial score (nSPS) is 16.8. The first-order chi connectivity index (χ1) is 20.3. The Morgan fingerprint density at radius 2 is 1.91 bits per heavy atom. The molecule has 0 saturated carbocycles. The Kier molecular flexibility index (Phi) is 8.58. The Balaban J connectivity index is 1.52. The quantitative estimate of drug-likeness (QED) is 0.232. The van der Waals surface area contributed by atoms with Crippen molar-refractivity contribution >= 4 is 21.6 Å². The Morgan fingerprint density at radius 1 is 1.14 bits per heavy atom. The third-order valence-corrected chi connectivity index (χ3v) is 10.00. The lowest BCUT2D eigenvalue weighted by atomic mass is 9.71. The van der Waals surface area contributed by atoms with Gasteiger partial charge in [0.25, 0.3) is 0 Å². The minimum atomic E-state index is -3.78. The Morgan fingerprint density at radius 3 is 2.60 bits per heavy atom. The van der Waals surface area contributed by atoms with E-state index in [1.807, 2.05) is 62.0 Å². The number of sulfonamides is 1. The highest BCUT2D eigenvalue weighted by Gasteiger charge is 2.36. The van der Waals surface area contributed by atoms with Gasteiger partial charge in [-0.25, -0.2) is 22.5 Å². The van der Waals surface area contributed by atoms with Crippen LogP contribution in [0.5, 0.6) is 0 Å². The highest BCUT2D eigenvalue weighted by atomic mass is 32.2. The summed E-state index contributed by atoms with van der Waals surface area (Å²) in [4.78, 5) is 20.3. The van der Waals surface area contributed by atoms with E-state index in [2.05, 4.69) is 23.6 Å². The summed E-state index contributed by atoms with van der Waals surface area (Å²) in [7, 11) is -1.90. The largest absolute Gasteiger partial charge is 0.337 e. The predicted octanol–water partition coefficient (Wildman–Crippen LogP) is 6.69. The van der Waals surface area contributed by atoms with Crippen LogP contribution in [0.2, 0.25) is 0 Å². The molecule has 1 heterocycles. The van der Waals surface area contributed by atoms with Gasteiger partial charge < -0.3 is 9.47 Å². The number of aromatic nitrogens is 2. The lowest BCUT2D eigenvalue weighted by Gasteiger charge is -2.38. The van der Waals surface area contributed by atoms with Crippen LogP contribution >= 0.6 is 0 Å². The number of halogens is 1. The summed E-state index contributed by atoms with van der Waals surface area (Å²) in [5.41, 5.74) is 4.03. The van der Waals surface area contributed by atoms with Gasteiger partial charge in [0.1, 0.15) is 11.6 Å². The molecule has 9 heteroatoms. The monoisotopic (exact) mass is 602 g/mol. The van der Waals surface area contributed by atoms with Crippen molar-refractivity contribution in [3.63, 3.8) is 0 Å². The van der Waals surface area contributed by atoms with Crippen LogP contribution in [0.3, 0.4) is 0 Å². The number of nitrogens with zero attached hydrogens (tertiary/aromatic N) is 3. The first kappa shape index (κ1) is 30.6. The van der Waals surface area contributed by atoms with E-state index in [0.29, 0.717) is 17.9 Å². The second-order valence-corrected chi connectivity index (χ2v) is 14.0. The van der Waals surface area contributed by atoms with Gasteiger partial charge in [-0.05, 0) is 89.8 Å². The van der Waals surface area contributed by atoms with Gasteiger partial charge in [0.05, 0.1) is 11.4 Å². The summed E-state index contributed by atoms with van der Waals surface area (Å²) in [6, 6.07) is 18.7. The van der Waals surface area contributed by atoms with Gasteiger partial charge in [-0.1, -0.05) is 51.1 Å². The van der Waals surface area contributed by atoms with E-state index < -0.39 is 16.1 Å². The smallest absolute Gasteiger partial charge is 0.241 e. The van der Waals surface area contributed by atoms with E-state index in [4.69, 9.17) is 0 Å². The molecule has 1 amide bonds. The minimum absolute atomic E-state index is 0.133. The number of hydrogen-bond donors (Lipinski definition) is 1. The highest BCUT2D eigenvalue weighted by Crippen LogP contribution is 2.43. The summed E-state index contributed by atoms with van der Waals surface area (Å²) in [5.74, 6) is 0.0313. The van der Waals surface area contributed by atoms with Gasteiger partial charge in [0, 0.05) is 37.6 Å². The summed E-state index contributed by atoms with van der Waals surface area (Å²) >= 11 is 0. The molecule has 0 spiro atoms. The van der Waals surface area contributed by atoms with Crippen molar-refractivity contribution in [3.05, 3.63) is 113 Å².